The van der Waals surface area contributed by atoms with Gasteiger partial charge in [0, 0.05) is 15.6 Å². The lowest BCUT2D eigenvalue weighted by molar-refractivity contribution is -0.138. The first-order valence-corrected chi connectivity index (χ1v) is 7.32. The van der Waals surface area contributed by atoms with Crippen LogP contribution in [0.5, 0.6) is 0 Å². The largest absolute Gasteiger partial charge is 0.481 e. The van der Waals surface area contributed by atoms with Crippen molar-refractivity contribution in [3.63, 3.8) is 0 Å². The van der Waals surface area contributed by atoms with Gasteiger partial charge in [0.05, 0.1) is 5.92 Å². The molecule has 0 aliphatic heterocycles. The maximum Gasteiger partial charge on any atom is 0.314 e. The van der Waals surface area contributed by atoms with E-state index in [1.54, 1.807) is 30.4 Å². The van der Waals surface area contributed by atoms with Gasteiger partial charge in [0.15, 0.2) is 0 Å². The van der Waals surface area contributed by atoms with Crippen LogP contribution in [-0.2, 0) is 4.79 Å². The maximum atomic E-state index is 11.0. The Bertz CT molecular complexity index is 805. The van der Waals surface area contributed by atoms with E-state index in [0.717, 1.165) is 10.0 Å². The summed E-state index contributed by atoms with van der Waals surface area (Å²) < 4.78 is 6.59. The first kappa shape index (κ1) is 14.5. The second-order valence-corrected chi connectivity index (χ2v) is 5.57. The summed E-state index contributed by atoms with van der Waals surface area (Å²) >= 11 is 3.40. The van der Waals surface area contributed by atoms with E-state index in [1.807, 2.05) is 24.3 Å². The van der Waals surface area contributed by atoms with Gasteiger partial charge in [0.1, 0.15) is 0 Å². The highest BCUT2D eigenvalue weighted by atomic mass is 79.9. The molecule has 1 N–H and O–H groups in total. The number of hydrogen-bond donors (Lipinski definition) is 1. The molecule has 0 saturated heterocycles. The van der Waals surface area contributed by atoms with Crippen molar-refractivity contribution in [2.24, 2.45) is 5.92 Å². The van der Waals surface area contributed by atoms with Crippen LogP contribution < -0.4 is 0 Å². The summed E-state index contributed by atoms with van der Waals surface area (Å²) in [7, 11) is 0. The average Bonchev–Trinajstić information content (AvgIpc) is 2.85. The molecule has 6 heteroatoms. The highest BCUT2D eigenvalue weighted by Crippen LogP contribution is 2.25. The standard InChI is InChI=1S/C16H11BrN2O3/c17-13-6-2-5-12(9-13)15-19-18-14(22-15)10-3-1-4-11(8-7-10)16(20)21/h1-9,11H,(H,20,21). The van der Waals surface area contributed by atoms with Crippen LogP contribution in [0.3, 0.4) is 0 Å². The first-order chi connectivity index (χ1) is 10.6. The smallest absolute Gasteiger partial charge is 0.314 e. The van der Waals surface area contributed by atoms with Gasteiger partial charge in [-0.1, -0.05) is 46.3 Å². The quantitative estimate of drug-likeness (QED) is 0.904. The van der Waals surface area contributed by atoms with E-state index in [4.69, 9.17) is 9.52 Å². The van der Waals surface area contributed by atoms with Gasteiger partial charge in [-0.05, 0) is 24.3 Å². The predicted molar refractivity (Wildman–Crippen MR) is 84.8 cm³/mol. The molecule has 1 heterocycles. The summed E-state index contributed by atoms with van der Waals surface area (Å²) in [5, 5.41) is 17.1. The highest BCUT2D eigenvalue weighted by molar-refractivity contribution is 9.10. The van der Waals surface area contributed by atoms with Crippen molar-refractivity contribution in [3.8, 4) is 11.5 Å². The number of aromatic nitrogens is 2. The van der Waals surface area contributed by atoms with Gasteiger partial charge in [-0.3, -0.25) is 4.79 Å². The Morgan fingerprint density at radius 3 is 2.82 bits per heavy atom. The minimum Gasteiger partial charge on any atom is -0.481 e. The molecule has 1 aromatic carbocycles. The van der Waals surface area contributed by atoms with Gasteiger partial charge in [0.25, 0.3) is 0 Å². The fraction of sp³-hybridized carbons (Fsp3) is 0.0625. The SMILES string of the molecule is O=C(O)C1C=CC=C(c2nnc(-c3cccc(Br)c3)o2)C=C1. The molecule has 1 atom stereocenters. The number of carboxylic acids is 1. The summed E-state index contributed by atoms with van der Waals surface area (Å²) in [4.78, 5) is 11.0. The maximum absolute atomic E-state index is 11.0. The third kappa shape index (κ3) is 3.07. The zero-order chi connectivity index (χ0) is 15.5. The van der Waals surface area contributed by atoms with Crippen molar-refractivity contribution in [3.05, 3.63) is 65.0 Å². The lowest BCUT2D eigenvalue weighted by atomic mass is 10.1. The second-order valence-electron chi connectivity index (χ2n) is 4.65. The van der Waals surface area contributed by atoms with Crippen LogP contribution in [0.25, 0.3) is 17.0 Å². The van der Waals surface area contributed by atoms with Gasteiger partial charge in [-0.25, -0.2) is 0 Å². The lowest BCUT2D eigenvalue weighted by Crippen LogP contribution is -2.06. The fourth-order valence-electron chi connectivity index (χ4n) is 1.99. The molecule has 1 aliphatic rings. The number of allylic oxidation sites excluding steroid dienone is 4. The van der Waals surface area contributed by atoms with Crippen LogP contribution in [0.15, 0.2) is 63.5 Å². The Balaban J connectivity index is 1.89. The number of hydrogen-bond acceptors (Lipinski definition) is 4. The number of carboxylic acid groups (broad SMARTS) is 1. The number of halogens is 1. The zero-order valence-corrected chi connectivity index (χ0v) is 12.9. The highest BCUT2D eigenvalue weighted by Gasteiger charge is 2.15. The summed E-state index contributed by atoms with van der Waals surface area (Å²) in [5.41, 5.74) is 1.49. The molecule has 0 spiro atoms. The van der Waals surface area contributed by atoms with Crippen LogP contribution in [0.4, 0.5) is 0 Å². The average molecular weight is 359 g/mol. The van der Waals surface area contributed by atoms with Crippen molar-refractivity contribution >= 4 is 27.5 Å². The number of aliphatic carboxylic acids is 1. The van der Waals surface area contributed by atoms with Crippen LogP contribution in [0, 0.1) is 5.92 Å². The molecule has 2 aromatic rings. The fourth-order valence-corrected chi connectivity index (χ4v) is 2.39. The van der Waals surface area contributed by atoms with Crippen molar-refractivity contribution in [2.45, 2.75) is 0 Å². The number of benzene rings is 1. The summed E-state index contributed by atoms with van der Waals surface area (Å²) in [6.07, 6.45) is 8.28. The minimum atomic E-state index is -0.900. The molecule has 1 aliphatic carbocycles. The van der Waals surface area contributed by atoms with Gasteiger partial charge in [-0.15, -0.1) is 10.2 Å². The van der Waals surface area contributed by atoms with Gasteiger partial charge in [-0.2, -0.15) is 0 Å². The van der Waals surface area contributed by atoms with E-state index in [-0.39, 0.29) is 0 Å². The molecule has 0 amide bonds. The van der Waals surface area contributed by atoms with Gasteiger partial charge < -0.3 is 9.52 Å². The van der Waals surface area contributed by atoms with E-state index in [0.29, 0.717) is 17.4 Å². The molecule has 22 heavy (non-hydrogen) atoms. The van der Waals surface area contributed by atoms with E-state index in [9.17, 15) is 4.79 Å². The van der Waals surface area contributed by atoms with E-state index in [1.165, 1.54) is 0 Å². The van der Waals surface area contributed by atoms with Crippen LogP contribution in [0.1, 0.15) is 5.89 Å². The second kappa shape index (κ2) is 6.11. The Morgan fingerprint density at radius 1 is 1.23 bits per heavy atom. The predicted octanol–water partition coefficient (Wildman–Crippen LogP) is 3.71. The van der Waals surface area contributed by atoms with Gasteiger partial charge in [0.2, 0.25) is 11.8 Å². The Morgan fingerprint density at radius 2 is 2.05 bits per heavy atom. The van der Waals surface area contributed by atoms with Crippen molar-refractivity contribution in [1.29, 1.82) is 0 Å². The van der Waals surface area contributed by atoms with Crippen LogP contribution in [0.2, 0.25) is 0 Å². The third-order valence-electron chi connectivity index (χ3n) is 3.11. The number of carbonyl (C=O) groups is 1. The molecular formula is C16H11BrN2O3. The normalized spacial score (nSPS) is 17.1. The molecule has 0 radical (unpaired) electrons. The zero-order valence-electron chi connectivity index (χ0n) is 11.3. The van der Waals surface area contributed by atoms with Crippen LogP contribution >= 0.6 is 15.9 Å². The van der Waals surface area contributed by atoms with E-state index < -0.39 is 11.9 Å². The number of rotatable bonds is 3. The monoisotopic (exact) mass is 358 g/mol. The Kier molecular flexibility index (Phi) is 4.02. The molecule has 0 saturated carbocycles. The minimum absolute atomic E-state index is 0.349. The van der Waals surface area contributed by atoms with E-state index in [2.05, 4.69) is 26.1 Å². The molecule has 110 valence electrons. The molecule has 1 unspecified atom stereocenters. The summed E-state index contributed by atoms with van der Waals surface area (Å²) in [5.74, 6) is -0.792. The topological polar surface area (TPSA) is 76.2 Å². The molecule has 1 aromatic heterocycles. The Labute approximate surface area is 134 Å². The molecule has 3 rings (SSSR count). The van der Waals surface area contributed by atoms with Crippen LogP contribution in [-0.4, -0.2) is 21.3 Å². The third-order valence-corrected chi connectivity index (χ3v) is 3.60. The first-order valence-electron chi connectivity index (χ1n) is 6.53. The molecule has 5 nitrogen and oxygen atoms in total. The summed E-state index contributed by atoms with van der Waals surface area (Å²) in [6, 6.07) is 7.55. The van der Waals surface area contributed by atoms with Crippen molar-refractivity contribution in [2.75, 3.05) is 0 Å². The Hall–Kier alpha value is -2.47. The van der Waals surface area contributed by atoms with Crippen molar-refractivity contribution < 1.29 is 14.3 Å². The lowest BCUT2D eigenvalue weighted by Gasteiger charge is -1.97. The number of nitrogens with zero attached hydrogens (tertiary/aromatic N) is 2. The van der Waals surface area contributed by atoms with Gasteiger partial charge >= 0.3 is 5.97 Å². The summed E-state index contributed by atoms with van der Waals surface area (Å²) in [6.45, 7) is 0. The van der Waals surface area contributed by atoms with Crippen molar-refractivity contribution in [1.82, 2.24) is 10.2 Å². The van der Waals surface area contributed by atoms with E-state index >= 15 is 0 Å². The molecule has 0 fully saturated rings. The molecular weight excluding hydrogens is 348 g/mol. The molecule has 0 bridgehead atoms.